The van der Waals surface area contributed by atoms with Gasteiger partial charge in [0.25, 0.3) is 0 Å². The van der Waals surface area contributed by atoms with Gasteiger partial charge in [-0.15, -0.1) is 0 Å². The molecule has 1 fully saturated rings. The molecule has 1 aliphatic carbocycles. The van der Waals surface area contributed by atoms with E-state index in [-0.39, 0.29) is 11.5 Å². The molecule has 2 N–H and O–H groups in total. The maximum atomic E-state index is 13.8. The van der Waals surface area contributed by atoms with E-state index in [0.29, 0.717) is 18.0 Å². The van der Waals surface area contributed by atoms with Crippen molar-refractivity contribution in [2.75, 3.05) is 6.54 Å². The van der Waals surface area contributed by atoms with Gasteiger partial charge in [0.15, 0.2) is 0 Å². The van der Waals surface area contributed by atoms with Crippen LogP contribution in [0.4, 0.5) is 4.39 Å². The summed E-state index contributed by atoms with van der Waals surface area (Å²) in [4.78, 5) is -0.358. The second-order valence-electron chi connectivity index (χ2n) is 5.61. The van der Waals surface area contributed by atoms with Gasteiger partial charge in [-0.25, -0.2) is 17.5 Å². The Morgan fingerprint density at radius 3 is 2.57 bits per heavy atom. The summed E-state index contributed by atoms with van der Waals surface area (Å²) < 4.78 is 40.4. The van der Waals surface area contributed by atoms with Crippen molar-refractivity contribution < 1.29 is 17.9 Å². The Morgan fingerprint density at radius 1 is 1.24 bits per heavy atom. The van der Waals surface area contributed by atoms with Gasteiger partial charge in [0.1, 0.15) is 10.7 Å². The first-order valence-electron chi connectivity index (χ1n) is 7.42. The molecule has 1 saturated carbocycles. The number of halogens is 1. The summed E-state index contributed by atoms with van der Waals surface area (Å²) in [6, 6.07) is 3.66. The smallest absolute Gasteiger partial charge is 0.243 e. The average molecular weight is 315 g/mol. The summed E-state index contributed by atoms with van der Waals surface area (Å²) in [6.45, 7) is 0.0283. The molecule has 0 amide bonds. The van der Waals surface area contributed by atoms with E-state index in [1.165, 1.54) is 31.4 Å². The molecule has 1 aromatic carbocycles. The van der Waals surface area contributed by atoms with Crippen LogP contribution in [-0.4, -0.2) is 20.1 Å². The number of aliphatic hydroxyl groups excluding tert-OH is 1. The summed E-state index contributed by atoms with van der Waals surface area (Å²) in [7, 11) is -3.82. The van der Waals surface area contributed by atoms with Gasteiger partial charge in [0, 0.05) is 6.54 Å². The van der Waals surface area contributed by atoms with Crippen LogP contribution in [0.3, 0.4) is 0 Å². The molecular formula is C15H22FNO3S. The molecule has 21 heavy (non-hydrogen) atoms. The average Bonchev–Trinajstić information content (AvgIpc) is 2.47. The fourth-order valence-electron chi connectivity index (χ4n) is 2.81. The zero-order valence-corrected chi connectivity index (χ0v) is 12.8. The number of rotatable bonds is 6. The summed E-state index contributed by atoms with van der Waals surface area (Å²) in [5, 5.41) is 8.91. The highest BCUT2D eigenvalue weighted by Crippen LogP contribution is 2.26. The Hall–Kier alpha value is -0.980. The van der Waals surface area contributed by atoms with Gasteiger partial charge < -0.3 is 5.11 Å². The van der Waals surface area contributed by atoms with Crippen LogP contribution >= 0.6 is 0 Å². The number of aliphatic hydroxyl groups is 1. The Morgan fingerprint density at radius 2 is 1.95 bits per heavy atom. The van der Waals surface area contributed by atoms with E-state index in [4.69, 9.17) is 5.11 Å². The topological polar surface area (TPSA) is 66.4 Å². The van der Waals surface area contributed by atoms with Gasteiger partial charge in [0.05, 0.1) is 6.61 Å². The van der Waals surface area contributed by atoms with E-state index in [1.54, 1.807) is 0 Å². The van der Waals surface area contributed by atoms with Crippen LogP contribution in [-0.2, 0) is 16.6 Å². The predicted molar refractivity (Wildman–Crippen MR) is 78.7 cm³/mol. The largest absolute Gasteiger partial charge is 0.392 e. The van der Waals surface area contributed by atoms with Crippen LogP contribution in [0, 0.1) is 11.7 Å². The summed E-state index contributed by atoms with van der Waals surface area (Å²) in [5.74, 6) is -0.255. The third-order valence-electron chi connectivity index (χ3n) is 4.04. The summed E-state index contributed by atoms with van der Waals surface area (Å²) >= 11 is 0. The molecule has 0 saturated heterocycles. The summed E-state index contributed by atoms with van der Waals surface area (Å²) in [5.41, 5.74) is 0.355. The lowest BCUT2D eigenvalue weighted by molar-refractivity contribution is 0.281. The molecule has 6 heteroatoms. The number of benzene rings is 1. The van der Waals surface area contributed by atoms with Crippen molar-refractivity contribution in [2.24, 2.45) is 5.92 Å². The fourth-order valence-corrected chi connectivity index (χ4v) is 3.92. The van der Waals surface area contributed by atoms with Crippen LogP contribution in [0.15, 0.2) is 23.1 Å². The minimum absolute atomic E-state index is 0.313. The van der Waals surface area contributed by atoms with Gasteiger partial charge in [-0.3, -0.25) is 0 Å². The molecule has 4 nitrogen and oxygen atoms in total. The monoisotopic (exact) mass is 315 g/mol. The summed E-state index contributed by atoms with van der Waals surface area (Å²) in [6.07, 6.45) is 6.81. The molecule has 1 aromatic rings. The predicted octanol–water partition coefficient (Wildman–Crippen LogP) is 2.57. The number of hydrogen-bond donors (Lipinski definition) is 2. The van der Waals surface area contributed by atoms with Crippen LogP contribution in [0.5, 0.6) is 0 Å². The maximum absolute atomic E-state index is 13.8. The van der Waals surface area contributed by atoms with Crippen molar-refractivity contribution >= 4 is 10.0 Å². The van der Waals surface area contributed by atoms with Gasteiger partial charge in [-0.05, 0) is 30.0 Å². The molecule has 118 valence electrons. The molecular weight excluding hydrogens is 293 g/mol. The Balaban J connectivity index is 1.94. The van der Waals surface area contributed by atoms with E-state index < -0.39 is 15.8 Å². The van der Waals surface area contributed by atoms with Crippen LogP contribution in [0.1, 0.15) is 44.1 Å². The number of hydrogen-bond acceptors (Lipinski definition) is 3. The third-order valence-corrected chi connectivity index (χ3v) is 5.53. The van der Waals surface area contributed by atoms with Crippen molar-refractivity contribution in [1.82, 2.24) is 4.72 Å². The van der Waals surface area contributed by atoms with Crippen molar-refractivity contribution in [3.8, 4) is 0 Å². The van der Waals surface area contributed by atoms with E-state index >= 15 is 0 Å². The minimum atomic E-state index is -3.82. The second kappa shape index (κ2) is 7.33. The standard InChI is InChI=1S/C15H22FNO3S/c16-14-10-13(11-18)6-7-15(14)21(19,20)17-9-8-12-4-2-1-3-5-12/h6-7,10,12,17-18H,1-5,8-9,11H2. The molecule has 0 spiro atoms. The highest BCUT2D eigenvalue weighted by Gasteiger charge is 2.20. The first-order valence-corrected chi connectivity index (χ1v) is 8.90. The van der Waals surface area contributed by atoms with Crippen molar-refractivity contribution in [1.29, 1.82) is 0 Å². The van der Waals surface area contributed by atoms with Gasteiger partial charge in [-0.2, -0.15) is 0 Å². The van der Waals surface area contributed by atoms with Gasteiger partial charge in [-0.1, -0.05) is 38.2 Å². The van der Waals surface area contributed by atoms with Gasteiger partial charge in [0.2, 0.25) is 10.0 Å². The minimum Gasteiger partial charge on any atom is -0.392 e. The van der Waals surface area contributed by atoms with E-state index in [1.807, 2.05) is 0 Å². The third kappa shape index (κ3) is 4.49. The first kappa shape index (κ1) is 16.4. The van der Waals surface area contributed by atoms with Crippen LogP contribution in [0.2, 0.25) is 0 Å². The molecule has 0 aromatic heterocycles. The zero-order chi connectivity index (χ0) is 15.3. The Labute approximate surface area is 125 Å². The molecule has 0 atom stereocenters. The lowest BCUT2D eigenvalue weighted by Crippen LogP contribution is -2.27. The van der Waals surface area contributed by atoms with E-state index in [2.05, 4.69) is 4.72 Å². The zero-order valence-electron chi connectivity index (χ0n) is 12.0. The maximum Gasteiger partial charge on any atom is 0.243 e. The molecule has 0 radical (unpaired) electrons. The van der Waals surface area contributed by atoms with E-state index in [0.717, 1.165) is 25.3 Å². The normalized spacial score (nSPS) is 17.0. The highest BCUT2D eigenvalue weighted by molar-refractivity contribution is 7.89. The first-order chi connectivity index (χ1) is 10.0. The molecule has 0 heterocycles. The van der Waals surface area contributed by atoms with Crippen molar-refractivity contribution in [3.63, 3.8) is 0 Å². The van der Waals surface area contributed by atoms with Gasteiger partial charge >= 0.3 is 0 Å². The number of nitrogens with one attached hydrogen (secondary N) is 1. The molecule has 0 bridgehead atoms. The Bertz CT molecular complexity index is 568. The molecule has 2 rings (SSSR count). The quantitative estimate of drug-likeness (QED) is 0.848. The number of sulfonamides is 1. The molecule has 0 unspecified atom stereocenters. The fraction of sp³-hybridized carbons (Fsp3) is 0.600. The lowest BCUT2D eigenvalue weighted by atomic mass is 9.87. The SMILES string of the molecule is O=S(=O)(NCCC1CCCCC1)c1ccc(CO)cc1F. The Kier molecular flexibility index (Phi) is 5.72. The van der Waals surface area contributed by atoms with Crippen LogP contribution in [0.25, 0.3) is 0 Å². The van der Waals surface area contributed by atoms with Crippen LogP contribution < -0.4 is 4.72 Å². The molecule has 0 aliphatic heterocycles. The highest BCUT2D eigenvalue weighted by atomic mass is 32.2. The second-order valence-corrected chi connectivity index (χ2v) is 7.35. The van der Waals surface area contributed by atoms with Crippen molar-refractivity contribution in [3.05, 3.63) is 29.6 Å². The molecule has 1 aliphatic rings. The van der Waals surface area contributed by atoms with Crippen molar-refractivity contribution in [2.45, 2.75) is 50.0 Å². The lowest BCUT2D eigenvalue weighted by Gasteiger charge is -2.21. The van der Waals surface area contributed by atoms with E-state index in [9.17, 15) is 12.8 Å².